The summed E-state index contributed by atoms with van der Waals surface area (Å²) >= 11 is 0. The van der Waals surface area contributed by atoms with Crippen LogP contribution in [0.15, 0.2) is 43.2 Å². The predicted octanol–water partition coefficient (Wildman–Crippen LogP) is -5.61. The first kappa shape index (κ1) is 16.8. The van der Waals surface area contributed by atoms with Crippen LogP contribution in [0.4, 0.5) is 0 Å². The van der Waals surface area contributed by atoms with Gasteiger partial charge >= 0.3 is 0 Å². The van der Waals surface area contributed by atoms with Gasteiger partial charge in [-0.2, -0.15) is 0 Å². The minimum absolute atomic E-state index is 0. The first-order valence-electron chi connectivity index (χ1n) is 5.19. The second-order valence-corrected chi connectivity index (χ2v) is 3.94. The molecule has 0 fully saturated rings. The molecule has 94 valence electrons. The summed E-state index contributed by atoms with van der Waals surface area (Å²) in [5, 5.41) is 0. The molecule has 2 rings (SSSR count). The fraction of sp³-hybridized carbons (Fsp3) is 0.333. The Bertz CT molecular complexity index is 437. The van der Waals surface area contributed by atoms with E-state index < -0.39 is 0 Å². The van der Waals surface area contributed by atoms with E-state index in [2.05, 4.69) is 56.9 Å². The number of hydrogen-bond donors (Lipinski definition) is 0. The van der Waals surface area contributed by atoms with Crippen molar-refractivity contribution in [3.63, 3.8) is 0 Å². The third-order valence-electron chi connectivity index (χ3n) is 2.53. The second-order valence-electron chi connectivity index (χ2n) is 3.94. The van der Waals surface area contributed by atoms with Crippen LogP contribution in [-0.4, -0.2) is 4.57 Å². The summed E-state index contributed by atoms with van der Waals surface area (Å²) in [6.45, 7) is 1.04. The molecule has 0 unspecified atom stereocenters. The van der Waals surface area contributed by atoms with Crippen molar-refractivity contribution < 1.29 is 57.1 Å². The lowest BCUT2D eigenvalue weighted by Crippen LogP contribution is -3.00. The van der Waals surface area contributed by atoms with Gasteiger partial charge in [0, 0.05) is 18.6 Å². The van der Waals surface area contributed by atoms with Gasteiger partial charge < -0.3 is 48.0 Å². The summed E-state index contributed by atoms with van der Waals surface area (Å²) < 4.78 is 6.32. The first-order chi connectivity index (χ1) is 7.24. The lowest BCUT2D eigenvalue weighted by molar-refractivity contribution is -0.671. The quantitative estimate of drug-likeness (QED) is 0.323. The molecular weight excluding hydrogens is 440 g/mol. The van der Waals surface area contributed by atoms with Gasteiger partial charge in [-0.3, -0.25) is 0 Å². The van der Waals surface area contributed by atoms with Crippen LogP contribution < -0.4 is 57.1 Å². The number of aromatic nitrogens is 3. The fourth-order valence-corrected chi connectivity index (χ4v) is 1.59. The molecule has 3 nitrogen and oxygen atoms in total. The Hall–Kier alpha value is -0.180. The Morgan fingerprint density at radius 3 is 2.18 bits per heavy atom. The van der Waals surface area contributed by atoms with E-state index >= 15 is 0 Å². The summed E-state index contributed by atoms with van der Waals surface area (Å²) in [5.41, 5.74) is 1.38. The molecule has 5 heteroatoms. The van der Waals surface area contributed by atoms with Crippen molar-refractivity contribution in [2.75, 3.05) is 0 Å². The lowest BCUT2D eigenvalue weighted by atomic mass is 10.2. The zero-order valence-electron chi connectivity index (χ0n) is 10.1. The molecule has 0 atom stereocenters. The molecule has 2 aromatic heterocycles. The lowest BCUT2D eigenvalue weighted by Gasteiger charge is -1.97. The number of nitrogens with zero attached hydrogens (tertiary/aromatic N) is 3. The van der Waals surface area contributed by atoms with E-state index in [-0.39, 0.29) is 48.0 Å². The van der Waals surface area contributed by atoms with Crippen molar-refractivity contribution in [3.8, 4) is 0 Å². The molecule has 0 radical (unpaired) electrons. The third kappa shape index (κ3) is 5.33. The van der Waals surface area contributed by atoms with Crippen molar-refractivity contribution in [3.05, 3.63) is 48.8 Å². The highest BCUT2D eigenvalue weighted by atomic mass is 127. The van der Waals surface area contributed by atoms with Crippen LogP contribution >= 0.6 is 0 Å². The molecular formula is C12H17I2N3. The number of rotatable bonds is 3. The van der Waals surface area contributed by atoms with Gasteiger partial charge in [0.2, 0.25) is 6.33 Å². The first-order valence-corrected chi connectivity index (χ1v) is 5.19. The second kappa shape index (κ2) is 8.02. The highest BCUT2D eigenvalue weighted by molar-refractivity contribution is 5.07. The van der Waals surface area contributed by atoms with Crippen LogP contribution in [-0.2, 0) is 27.1 Å². The van der Waals surface area contributed by atoms with E-state index in [0.717, 1.165) is 13.0 Å². The highest BCUT2D eigenvalue weighted by Gasteiger charge is 2.01. The van der Waals surface area contributed by atoms with Gasteiger partial charge in [-0.1, -0.05) is 0 Å². The van der Waals surface area contributed by atoms with Crippen LogP contribution in [0.3, 0.4) is 0 Å². The highest BCUT2D eigenvalue weighted by Crippen LogP contribution is 1.98. The van der Waals surface area contributed by atoms with Crippen LogP contribution in [0.5, 0.6) is 0 Å². The summed E-state index contributed by atoms with van der Waals surface area (Å²) in [7, 11) is 4.08. The maximum atomic E-state index is 2.20. The van der Waals surface area contributed by atoms with E-state index in [1.165, 1.54) is 5.56 Å². The Labute approximate surface area is 137 Å². The Balaban J connectivity index is 0.00000128. The Morgan fingerprint density at radius 1 is 1.00 bits per heavy atom. The average Bonchev–Trinajstić information content (AvgIpc) is 2.64. The molecule has 0 aliphatic heterocycles. The van der Waals surface area contributed by atoms with Gasteiger partial charge in [0.05, 0.1) is 13.6 Å². The van der Waals surface area contributed by atoms with E-state index in [1.54, 1.807) is 0 Å². The fourth-order valence-electron chi connectivity index (χ4n) is 1.59. The molecule has 2 heterocycles. The van der Waals surface area contributed by atoms with Crippen LogP contribution in [0.2, 0.25) is 0 Å². The summed E-state index contributed by atoms with van der Waals surface area (Å²) in [6.07, 6.45) is 11.5. The molecule has 0 amide bonds. The average molecular weight is 457 g/mol. The number of hydrogen-bond acceptors (Lipinski definition) is 0. The summed E-state index contributed by atoms with van der Waals surface area (Å²) in [6, 6.07) is 4.34. The smallest absolute Gasteiger partial charge is 0.243 e. The molecule has 0 aliphatic rings. The van der Waals surface area contributed by atoms with E-state index in [4.69, 9.17) is 0 Å². The van der Waals surface area contributed by atoms with Gasteiger partial charge in [0.15, 0.2) is 12.4 Å². The maximum absolute atomic E-state index is 2.20. The number of aryl methyl sites for hydroxylation is 4. The zero-order valence-corrected chi connectivity index (χ0v) is 14.4. The predicted molar refractivity (Wildman–Crippen MR) is 56.9 cm³/mol. The van der Waals surface area contributed by atoms with Crippen LogP contribution in [0.25, 0.3) is 0 Å². The van der Waals surface area contributed by atoms with Gasteiger partial charge in [-0.05, 0) is 5.56 Å². The minimum atomic E-state index is 0. The molecule has 0 aliphatic carbocycles. The van der Waals surface area contributed by atoms with Crippen LogP contribution in [0.1, 0.15) is 5.56 Å². The standard InChI is InChI=1S/C12H17N3.2HI/c1-13-6-3-12(4-7-13)5-8-15-10-9-14(2)11-15;;/h3-4,6-7,9-11H,5,8H2,1-2H3;2*1H/q+2;;/p-2. The van der Waals surface area contributed by atoms with Gasteiger partial charge in [0.25, 0.3) is 0 Å². The monoisotopic (exact) mass is 457 g/mol. The minimum Gasteiger partial charge on any atom is -1.00 e. The number of imidazole rings is 1. The molecule has 0 bridgehead atoms. The van der Waals surface area contributed by atoms with Crippen molar-refractivity contribution in [2.45, 2.75) is 13.0 Å². The van der Waals surface area contributed by atoms with E-state index in [9.17, 15) is 0 Å². The Morgan fingerprint density at radius 2 is 1.65 bits per heavy atom. The molecule has 0 saturated heterocycles. The topological polar surface area (TPSA) is 12.7 Å². The van der Waals surface area contributed by atoms with E-state index in [0.29, 0.717) is 0 Å². The van der Waals surface area contributed by atoms with Crippen molar-refractivity contribution >= 4 is 0 Å². The molecule has 17 heavy (non-hydrogen) atoms. The molecule has 0 spiro atoms. The van der Waals surface area contributed by atoms with Gasteiger partial charge in [-0.25, -0.2) is 13.7 Å². The molecule has 0 saturated carbocycles. The van der Waals surface area contributed by atoms with Crippen LogP contribution in [0, 0.1) is 0 Å². The van der Waals surface area contributed by atoms with Crippen molar-refractivity contribution in [1.29, 1.82) is 0 Å². The largest absolute Gasteiger partial charge is 1.00 e. The van der Waals surface area contributed by atoms with E-state index in [1.807, 2.05) is 14.1 Å². The Kier molecular flexibility index (Phi) is 7.93. The summed E-state index contributed by atoms with van der Waals surface area (Å²) in [5.74, 6) is 0. The SMILES string of the molecule is C[n+]1ccc(CCn2cc[n+](C)c2)cc1.[I-].[I-]. The van der Waals surface area contributed by atoms with Gasteiger partial charge in [-0.15, -0.1) is 0 Å². The molecule has 0 aromatic carbocycles. The summed E-state index contributed by atoms with van der Waals surface area (Å²) in [4.78, 5) is 0. The van der Waals surface area contributed by atoms with Gasteiger partial charge in [0.1, 0.15) is 19.4 Å². The zero-order chi connectivity index (χ0) is 10.7. The maximum Gasteiger partial charge on any atom is 0.243 e. The van der Waals surface area contributed by atoms with Crippen molar-refractivity contribution in [2.24, 2.45) is 14.1 Å². The third-order valence-corrected chi connectivity index (χ3v) is 2.53. The molecule has 0 N–H and O–H groups in total. The number of halogens is 2. The normalized spacial score (nSPS) is 9.29. The number of pyridine rings is 1. The molecule has 2 aromatic rings. The van der Waals surface area contributed by atoms with Crippen molar-refractivity contribution in [1.82, 2.24) is 4.57 Å².